The van der Waals surface area contributed by atoms with Crippen molar-refractivity contribution >= 4 is 17.6 Å². The lowest BCUT2D eigenvalue weighted by molar-refractivity contribution is -0.0504. The highest BCUT2D eigenvalue weighted by molar-refractivity contribution is 6.30. The lowest BCUT2D eigenvalue weighted by Gasteiger charge is -2.25. The Bertz CT molecular complexity index is 596. The molecule has 1 aliphatic rings. The van der Waals surface area contributed by atoms with Crippen LogP contribution in [0.5, 0.6) is 5.75 Å². The van der Waals surface area contributed by atoms with Crippen LogP contribution in [0.2, 0.25) is 5.02 Å². The van der Waals surface area contributed by atoms with E-state index >= 15 is 0 Å². The topological polar surface area (TPSA) is 48.9 Å². The molecule has 1 atom stereocenters. The number of benzene rings is 1. The zero-order valence-corrected chi connectivity index (χ0v) is 15.5. The maximum Gasteiger partial charge on any atom is 0.387 e. The van der Waals surface area contributed by atoms with E-state index in [-0.39, 0.29) is 12.3 Å². The Labute approximate surface area is 152 Å². The smallest absolute Gasteiger partial charge is 0.387 e. The van der Waals surface area contributed by atoms with Gasteiger partial charge in [-0.05, 0) is 45.0 Å². The van der Waals surface area contributed by atoms with Crippen molar-refractivity contribution in [3.8, 4) is 5.75 Å². The Balaban J connectivity index is 1.88. The first-order valence-corrected chi connectivity index (χ1v) is 8.68. The first-order chi connectivity index (χ1) is 11.9. The number of hydrogen-bond acceptors (Lipinski definition) is 3. The van der Waals surface area contributed by atoms with E-state index in [0.717, 1.165) is 6.54 Å². The predicted octanol–water partition coefficient (Wildman–Crippen LogP) is 3.09. The fraction of sp³-hybridized carbons (Fsp3) is 0.588. The number of hydrogen-bond donors (Lipinski definition) is 2. The quantitative estimate of drug-likeness (QED) is 0.542. The molecule has 8 heteroatoms. The summed E-state index contributed by atoms with van der Waals surface area (Å²) in [5.41, 5.74) is 0.541. The van der Waals surface area contributed by atoms with Crippen LogP contribution in [-0.2, 0) is 6.54 Å². The molecule has 0 aliphatic heterocycles. The third-order valence-electron chi connectivity index (χ3n) is 4.29. The van der Waals surface area contributed by atoms with Crippen molar-refractivity contribution in [3.05, 3.63) is 28.8 Å². The van der Waals surface area contributed by atoms with Gasteiger partial charge in [-0.25, -0.2) is 0 Å². The van der Waals surface area contributed by atoms with Gasteiger partial charge in [-0.2, -0.15) is 8.78 Å². The van der Waals surface area contributed by atoms with Crippen LogP contribution in [0.4, 0.5) is 8.78 Å². The number of likely N-dealkylation sites (N-methyl/N-ethyl adjacent to an activating group) is 1. The molecule has 140 valence electrons. The van der Waals surface area contributed by atoms with Crippen molar-refractivity contribution in [3.63, 3.8) is 0 Å². The molecule has 0 saturated heterocycles. The highest BCUT2D eigenvalue weighted by Gasteiger charge is 2.28. The fourth-order valence-electron chi connectivity index (χ4n) is 2.53. The average Bonchev–Trinajstić information content (AvgIpc) is 3.40. The molecule has 0 bridgehead atoms. The molecule has 1 fully saturated rings. The monoisotopic (exact) mass is 374 g/mol. The summed E-state index contributed by atoms with van der Waals surface area (Å²) in [5.74, 6) is 0.697. The van der Waals surface area contributed by atoms with E-state index in [0.29, 0.717) is 28.6 Å². The largest absolute Gasteiger partial charge is 0.434 e. The van der Waals surface area contributed by atoms with Crippen molar-refractivity contribution in [1.29, 1.82) is 0 Å². The number of nitrogens with zero attached hydrogens (tertiary/aromatic N) is 2. The first kappa shape index (κ1) is 19.7. The summed E-state index contributed by atoms with van der Waals surface area (Å²) in [6.45, 7) is 0.290. The van der Waals surface area contributed by atoms with Crippen LogP contribution in [0.1, 0.15) is 25.3 Å². The third-order valence-corrected chi connectivity index (χ3v) is 4.53. The Morgan fingerprint density at radius 2 is 2.12 bits per heavy atom. The Morgan fingerprint density at radius 1 is 1.40 bits per heavy atom. The summed E-state index contributed by atoms with van der Waals surface area (Å²) in [7, 11) is 3.79. The first-order valence-electron chi connectivity index (χ1n) is 8.30. The van der Waals surface area contributed by atoms with Crippen LogP contribution < -0.4 is 15.4 Å². The van der Waals surface area contributed by atoms with Crippen LogP contribution in [0.15, 0.2) is 23.2 Å². The predicted molar refractivity (Wildman–Crippen MR) is 96.5 cm³/mol. The number of nitrogens with one attached hydrogen (secondary N) is 2. The number of halogens is 3. The zero-order chi connectivity index (χ0) is 18.4. The Hall–Kier alpha value is -1.60. The van der Waals surface area contributed by atoms with Gasteiger partial charge in [0.2, 0.25) is 0 Å². The molecule has 1 aromatic rings. The Kier molecular flexibility index (Phi) is 7.25. The number of guanidine groups is 1. The van der Waals surface area contributed by atoms with Gasteiger partial charge in [0.05, 0.1) is 0 Å². The normalized spacial score (nSPS) is 16.2. The van der Waals surface area contributed by atoms with E-state index in [1.54, 1.807) is 13.1 Å². The molecular formula is C17H25ClF2N4O. The lowest BCUT2D eigenvalue weighted by Crippen LogP contribution is -2.45. The molecule has 0 aromatic heterocycles. The van der Waals surface area contributed by atoms with Gasteiger partial charge in [0.25, 0.3) is 0 Å². The van der Waals surface area contributed by atoms with E-state index in [4.69, 9.17) is 11.6 Å². The summed E-state index contributed by atoms with van der Waals surface area (Å²) >= 11 is 5.95. The molecule has 1 aromatic carbocycles. The third kappa shape index (κ3) is 6.32. The van der Waals surface area contributed by atoms with E-state index in [9.17, 15) is 8.78 Å². The van der Waals surface area contributed by atoms with E-state index < -0.39 is 6.61 Å². The maximum absolute atomic E-state index is 12.5. The zero-order valence-electron chi connectivity index (χ0n) is 14.7. The summed E-state index contributed by atoms with van der Waals surface area (Å²) in [5, 5.41) is 6.81. The minimum Gasteiger partial charge on any atom is -0.434 e. The molecule has 0 spiro atoms. The summed E-state index contributed by atoms with van der Waals surface area (Å²) < 4.78 is 29.5. The van der Waals surface area contributed by atoms with Crippen LogP contribution in [-0.4, -0.2) is 50.2 Å². The molecule has 2 rings (SSSR count). The summed E-state index contributed by atoms with van der Waals surface area (Å²) in [6, 6.07) is 5.62. The van der Waals surface area contributed by atoms with Crippen molar-refractivity contribution in [1.82, 2.24) is 15.5 Å². The highest BCUT2D eigenvalue weighted by atomic mass is 35.5. The second kappa shape index (κ2) is 9.20. The molecular weight excluding hydrogens is 350 g/mol. The minimum atomic E-state index is -2.88. The van der Waals surface area contributed by atoms with E-state index in [1.807, 2.05) is 0 Å². The fourth-order valence-corrected chi connectivity index (χ4v) is 2.72. The summed E-state index contributed by atoms with van der Waals surface area (Å²) in [6.07, 6.45) is 2.52. The van der Waals surface area contributed by atoms with Crippen molar-refractivity contribution in [2.75, 3.05) is 20.6 Å². The molecule has 0 amide bonds. The van der Waals surface area contributed by atoms with Crippen molar-refractivity contribution < 1.29 is 13.5 Å². The van der Waals surface area contributed by atoms with E-state index in [1.165, 1.54) is 25.0 Å². The molecule has 0 heterocycles. The van der Waals surface area contributed by atoms with Crippen LogP contribution in [0, 0.1) is 0 Å². The van der Waals surface area contributed by atoms with Crippen molar-refractivity contribution in [2.24, 2.45) is 4.99 Å². The number of alkyl halides is 2. The lowest BCUT2D eigenvalue weighted by atomic mass is 10.2. The second-order valence-electron chi connectivity index (χ2n) is 6.18. The SMILES string of the molecule is CN=C(NCc1cc(Cl)ccc1OC(F)F)NCC(C)N(C)C1CC1. The number of aliphatic imine (C=N–C) groups is 1. The molecule has 1 aliphatic carbocycles. The highest BCUT2D eigenvalue weighted by Crippen LogP contribution is 2.26. The maximum atomic E-state index is 12.5. The van der Waals surface area contributed by atoms with Gasteiger partial charge in [0, 0.05) is 42.8 Å². The van der Waals surface area contributed by atoms with Gasteiger partial charge in [-0.1, -0.05) is 11.6 Å². The Morgan fingerprint density at radius 3 is 2.72 bits per heavy atom. The number of rotatable bonds is 8. The van der Waals surface area contributed by atoms with Gasteiger partial charge < -0.3 is 15.4 Å². The second-order valence-corrected chi connectivity index (χ2v) is 6.62. The number of ether oxygens (including phenoxy) is 1. The molecule has 1 saturated carbocycles. The van der Waals surface area contributed by atoms with Gasteiger partial charge >= 0.3 is 6.61 Å². The van der Waals surface area contributed by atoms with Gasteiger partial charge in [0.15, 0.2) is 5.96 Å². The van der Waals surface area contributed by atoms with E-state index in [2.05, 4.69) is 39.2 Å². The van der Waals surface area contributed by atoms with Crippen LogP contribution in [0.25, 0.3) is 0 Å². The molecule has 0 radical (unpaired) electrons. The van der Waals surface area contributed by atoms with Gasteiger partial charge in [-0.3, -0.25) is 9.89 Å². The molecule has 5 nitrogen and oxygen atoms in total. The van der Waals surface area contributed by atoms with Crippen LogP contribution >= 0.6 is 11.6 Å². The summed E-state index contributed by atoms with van der Waals surface area (Å²) in [4.78, 5) is 6.51. The molecule has 25 heavy (non-hydrogen) atoms. The van der Waals surface area contributed by atoms with Gasteiger partial charge in [-0.15, -0.1) is 0 Å². The van der Waals surface area contributed by atoms with Gasteiger partial charge in [0.1, 0.15) is 5.75 Å². The van der Waals surface area contributed by atoms with Crippen molar-refractivity contribution in [2.45, 2.75) is 45.0 Å². The molecule has 1 unspecified atom stereocenters. The molecule has 2 N–H and O–H groups in total. The minimum absolute atomic E-state index is 0.101. The standard InChI is InChI=1S/C17H25ClF2N4O/c1-11(24(3)14-5-6-14)9-22-17(21-2)23-10-12-8-13(18)4-7-15(12)25-16(19)20/h4,7-8,11,14,16H,5-6,9-10H2,1-3H3,(H2,21,22,23). The average molecular weight is 375 g/mol. The van der Waals surface area contributed by atoms with Crippen LogP contribution in [0.3, 0.4) is 0 Å².